The Hall–Kier alpha value is -2.14. The Bertz CT molecular complexity index is 677. The number of H-pyrrole nitrogens is 1. The molecule has 1 saturated heterocycles. The molecule has 3 N–H and O–H groups in total. The molecule has 2 unspecified atom stereocenters. The number of carbonyl (C=O) groups excluding carboxylic acids is 1. The van der Waals surface area contributed by atoms with Crippen LogP contribution in [0.15, 0.2) is 30.3 Å². The van der Waals surface area contributed by atoms with Gasteiger partial charge in [0.05, 0.1) is 5.69 Å². The van der Waals surface area contributed by atoms with Crippen LogP contribution in [0.2, 0.25) is 0 Å². The molecule has 5 nitrogen and oxygen atoms in total. The Morgan fingerprint density at radius 2 is 2.13 bits per heavy atom. The zero-order chi connectivity index (χ0) is 16.4. The number of aryl methyl sites for hydroxylation is 1. The topological polar surface area (TPSA) is 75.0 Å². The van der Waals surface area contributed by atoms with Crippen LogP contribution in [0, 0.1) is 12.8 Å². The molecule has 1 aliphatic rings. The van der Waals surface area contributed by atoms with Crippen LogP contribution in [0.3, 0.4) is 0 Å². The second kappa shape index (κ2) is 6.54. The summed E-state index contributed by atoms with van der Waals surface area (Å²) in [7, 11) is 0. The third-order valence-electron chi connectivity index (χ3n) is 4.67. The minimum Gasteiger partial charge on any atom is -0.333 e. The van der Waals surface area contributed by atoms with Crippen molar-refractivity contribution in [2.75, 3.05) is 13.1 Å². The fourth-order valence-electron chi connectivity index (χ4n) is 3.20. The highest BCUT2D eigenvalue weighted by Gasteiger charge is 2.30. The van der Waals surface area contributed by atoms with E-state index in [9.17, 15) is 4.79 Å². The van der Waals surface area contributed by atoms with E-state index < -0.39 is 0 Å². The second-order valence-corrected chi connectivity index (χ2v) is 6.55. The van der Waals surface area contributed by atoms with Crippen molar-refractivity contribution in [2.45, 2.75) is 32.7 Å². The lowest BCUT2D eigenvalue weighted by Crippen LogP contribution is -2.49. The van der Waals surface area contributed by atoms with Gasteiger partial charge in [-0.25, -0.2) is 0 Å². The molecule has 0 radical (unpaired) electrons. The monoisotopic (exact) mass is 312 g/mol. The molecule has 0 bridgehead atoms. The van der Waals surface area contributed by atoms with E-state index in [1.165, 1.54) is 5.56 Å². The van der Waals surface area contributed by atoms with Crippen molar-refractivity contribution in [1.82, 2.24) is 15.1 Å². The summed E-state index contributed by atoms with van der Waals surface area (Å²) in [5.41, 5.74) is 9.40. The number of hydrogen-bond acceptors (Lipinski definition) is 3. The van der Waals surface area contributed by atoms with Gasteiger partial charge in [0.1, 0.15) is 5.69 Å². The minimum absolute atomic E-state index is 0.00166. The Balaban J connectivity index is 1.79. The first-order chi connectivity index (χ1) is 11.1. The minimum atomic E-state index is -0.00166. The molecule has 5 heteroatoms. The summed E-state index contributed by atoms with van der Waals surface area (Å²) < 4.78 is 0. The van der Waals surface area contributed by atoms with E-state index in [-0.39, 0.29) is 11.9 Å². The maximum absolute atomic E-state index is 12.8. The van der Waals surface area contributed by atoms with E-state index in [2.05, 4.69) is 17.1 Å². The Morgan fingerprint density at radius 3 is 2.83 bits per heavy atom. The Morgan fingerprint density at radius 1 is 1.39 bits per heavy atom. The number of likely N-dealkylation sites (tertiary alicyclic amines) is 1. The molecule has 1 fully saturated rings. The van der Waals surface area contributed by atoms with Gasteiger partial charge in [0.15, 0.2) is 0 Å². The number of carbonyl (C=O) groups is 1. The quantitative estimate of drug-likeness (QED) is 0.914. The lowest BCUT2D eigenvalue weighted by Gasteiger charge is -2.37. The first-order valence-corrected chi connectivity index (χ1v) is 8.22. The first kappa shape index (κ1) is 15.7. The molecule has 23 heavy (non-hydrogen) atoms. The van der Waals surface area contributed by atoms with Gasteiger partial charge in [0.25, 0.3) is 5.91 Å². The van der Waals surface area contributed by atoms with Crippen LogP contribution in [0.5, 0.6) is 0 Å². The van der Waals surface area contributed by atoms with Gasteiger partial charge in [-0.05, 0) is 31.7 Å². The fraction of sp³-hybridized carbons (Fsp3) is 0.444. The van der Waals surface area contributed by atoms with Gasteiger partial charge >= 0.3 is 0 Å². The third-order valence-corrected chi connectivity index (χ3v) is 4.67. The molecule has 1 aromatic carbocycles. The van der Waals surface area contributed by atoms with Crippen LogP contribution in [-0.4, -0.2) is 40.1 Å². The summed E-state index contributed by atoms with van der Waals surface area (Å²) >= 11 is 0. The molecular weight excluding hydrogens is 288 g/mol. The molecule has 0 aliphatic carbocycles. The van der Waals surface area contributed by atoms with Crippen molar-refractivity contribution < 1.29 is 4.79 Å². The van der Waals surface area contributed by atoms with Crippen LogP contribution in [0.4, 0.5) is 0 Å². The van der Waals surface area contributed by atoms with Crippen LogP contribution < -0.4 is 5.73 Å². The van der Waals surface area contributed by atoms with Crippen molar-refractivity contribution in [1.29, 1.82) is 0 Å². The van der Waals surface area contributed by atoms with E-state index in [1.54, 1.807) is 0 Å². The summed E-state index contributed by atoms with van der Waals surface area (Å²) in [6.07, 6.45) is 2.00. The number of piperidine rings is 1. The molecule has 2 atom stereocenters. The number of nitrogens with two attached hydrogens (primary N) is 1. The van der Waals surface area contributed by atoms with Crippen LogP contribution >= 0.6 is 0 Å². The molecule has 3 rings (SSSR count). The average Bonchev–Trinajstić information content (AvgIpc) is 3.04. The highest BCUT2D eigenvalue weighted by atomic mass is 16.2. The zero-order valence-electron chi connectivity index (χ0n) is 13.7. The predicted octanol–water partition coefficient (Wildman–Crippen LogP) is 2.58. The number of rotatable bonds is 3. The molecule has 2 heterocycles. The normalized spacial score (nSPS) is 21.4. The highest BCUT2D eigenvalue weighted by molar-refractivity contribution is 5.93. The molecular formula is C18H24N4O. The first-order valence-electron chi connectivity index (χ1n) is 8.22. The van der Waals surface area contributed by atoms with Crippen LogP contribution in [0.25, 0.3) is 11.3 Å². The SMILES string of the molecule is Cc1ccc(-c2cc(C(=O)N3CCC(C)CC3CN)[nH]n2)cc1. The van der Waals surface area contributed by atoms with Gasteiger partial charge in [0.2, 0.25) is 0 Å². The molecule has 0 saturated carbocycles. The lowest BCUT2D eigenvalue weighted by molar-refractivity contribution is 0.0567. The van der Waals surface area contributed by atoms with Gasteiger partial charge in [0, 0.05) is 24.7 Å². The maximum Gasteiger partial charge on any atom is 0.272 e. The van der Waals surface area contributed by atoms with Gasteiger partial charge in [-0.1, -0.05) is 36.8 Å². The number of nitrogens with zero attached hydrogens (tertiary/aromatic N) is 2. The van der Waals surface area contributed by atoms with Gasteiger partial charge in [-0.2, -0.15) is 5.10 Å². The number of amides is 1. The van der Waals surface area contributed by atoms with Crippen molar-refractivity contribution in [2.24, 2.45) is 11.7 Å². The molecule has 1 aliphatic heterocycles. The third kappa shape index (κ3) is 3.29. The Kier molecular flexibility index (Phi) is 4.48. The molecule has 0 spiro atoms. The van der Waals surface area contributed by atoms with Crippen LogP contribution in [0.1, 0.15) is 35.8 Å². The molecule has 2 aromatic rings. The predicted molar refractivity (Wildman–Crippen MR) is 91.0 cm³/mol. The second-order valence-electron chi connectivity index (χ2n) is 6.55. The van der Waals surface area contributed by atoms with Crippen molar-refractivity contribution in [3.63, 3.8) is 0 Å². The molecule has 1 aromatic heterocycles. The van der Waals surface area contributed by atoms with Gasteiger partial charge in [-0.15, -0.1) is 0 Å². The number of aromatic amines is 1. The van der Waals surface area contributed by atoms with Gasteiger partial charge in [-0.3, -0.25) is 9.89 Å². The van der Waals surface area contributed by atoms with E-state index in [0.717, 1.165) is 30.6 Å². The summed E-state index contributed by atoms with van der Waals surface area (Å²) in [6.45, 7) is 5.54. The standard InChI is InChI=1S/C18H24N4O/c1-12-3-5-14(6-4-12)16-10-17(21-20-16)18(23)22-8-7-13(2)9-15(22)11-19/h3-6,10,13,15H,7-9,11,19H2,1-2H3,(H,20,21). The number of aromatic nitrogens is 2. The van der Waals surface area contributed by atoms with Crippen LogP contribution in [-0.2, 0) is 0 Å². The number of nitrogens with one attached hydrogen (secondary N) is 1. The van der Waals surface area contributed by atoms with E-state index >= 15 is 0 Å². The summed E-state index contributed by atoms with van der Waals surface area (Å²) in [5.74, 6) is 0.621. The van der Waals surface area contributed by atoms with Crippen molar-refractivity contribution in [3.8, 4) is 11.3 Å². The highest BCUT2D eigenvalue weighted by Crippen LogP contribution is 2.24. The smallest absolute Gasteiger partial charge is 0.272 e. The van der Waals surface area contributed by atoms with Crippen molar-refractivity contribution >= 4 is 5.91 Å². The van der Waals surface area contributed by atoms with E-state index in [4.69, 9.17) is 5.73 Å². The fourth-order valence-corrected chi connectivity index (χ4v) is 3.20. The number of hydrogen-bond donors (Lipinski definition) is 2. The van der Waals surface area contributed by atoms with Crippen molar-refractivity contribution in [3.05, 3.63) is 41.6 Å². The van der Waals surface area contributed by atoms with Gasteiger partial charge < -0.3 is 10.6 Å². The average molecular weight is 312 g/mol. The zero-order valence-corrected chi connectivity index (χ0v) is 13.7. The lowest BCUT2D eigenvalue weighted by atomic mass is 9.92. The number of benzene rings is 1. The van der Waals surface area contributed by atoms with E-state index in [1.807, 2.05) is 42.2 Å². The molecule has 122 valence electrons. The molecule has 1 amide bonds. The summed E-state index contributed by atoms with van der Waals surface area (Å²) in [4.78, 5) is 14.7. The van der Waals surface area contributed by atoms with E-state index in [0.29, 0.717) is 18.2 Å². The largest absolute Gasteiger partial charge is 0.333 e. The maximum atomic E-state index is 12.8. The summed E-state index contributed by atoms with van der Waals surface area (Å²) in [6, 6.07) is 10.1. The summed E-state index contributed by atoms with van der Waals surface area (Å²) in [5, 5.41) is 7.18. The Labute approximate surface area is 136 Å².